The van der Waals surface area contributed by atoms with E-state index in [1.165, 1.54) is 295 Å². The average molecular weight is 1120 g/mol. The first-order valence-corrected chi connectivity index (χ1v) is 32.4. The van der Waals surface area contributed by atoms with E-state index in [9.17, 15) is 5.53 Å². The minimum Gasteiger partial charge on any atom is -0.493 e. The SMILES string of the molecule is CCCCCCCCCCCCCCCCCCCCCCCC=CC1=C(c2cc(CCCC)cc(CCCCCCCC)c2)[N+](=[N-])C(c2cc(CCCC)cc(CCCCCCCC)c2)=C1CCCCC.[CH3-].[CH3-].[Pd+2]. The van der Waals surface area contributed by atoms with Gasteiger partial charge in [0.25, 0.3) is 0 Å². The monoisotopic (exact) mass is 1120 g/mol. The maximum Gasteiger partial charge on any atom is 2.00 e. The third-order valence-corrected chi connectivity index (χ3v) is 16.0. The van der Waals surface area contributed by atoms with Crippen LogP contribution in [0.15, 0.2) is 59.7 Å². The molecule has 0 spiro atoms. The number of hydrogen-bond donors (Lipinski definition) is 0. The molecule has 0 bridgehead atoms. The van der Waals surface area contributed by atoms with Gasteiger partial charge in [-0.15, -0.1) is 0 Å². The summed E-state index contributed by atoms with van der Waals surface area (Å²) in [5.74, 6) is 0. The van der Waals surface area contributed by atoms with Crippen LogP contribution in [-0.4, -0.2) is 4.70 Å². The van der Waals surface area contributed by atoms with Crippen molar-refractivity contribution < 1.29 is 25.1 Å². The van der Waals surface area contributed by atoms with Gasteiger partial charge in [-0.3, -0.25) is 0 Å². The van der Waals surface area contributed by atoms with E-state index >= 15 is 0 Å². The average Bonchev–Trinajstić information content (AvgIpc) is 3.67. The molecule has 1 aliphatic rings. The Morgan fingerprint density at radius 1 is 0.320 bits per heavy atom. The van der Waals surface area contributed by atoms with Gasteiger partial charge in [0.05, 0.1) is 5.57 Å². The summed E-state index contributed by atoms with van der Waals surface area (Å²) in [6.07, 6.45) is 65.5. The molecular weight excluding hydrogens is 999 g/mol. The summed E-state index contributed by atoms with van der Waals surface area (Å²) in [6.45, 7) is 13.9. The summed E-state index contributed by atoms with van der Waals surface area (Å²) in [7, 11) is 0. The van der Waals surface area contributed by atoms with Gasteiger partial charge < -0.3 is 20.4 Å². The van der Waals surface area contributed by atoms with Crippen molar-refractivity contribution in [2.75, 3.05) is 0 Å². The first-order valence-electron chi connectivity index (χ1n) is 32.4. The molecule has 0 saturated carbocycles. The van der Waals surface area contributed by atoms with E-state index in [4.69, 9.17) is 0 Å². The summed E-state index contributed by atoms with van der Waals surface area (Å²) in [6, 6.07) is 14.8. The Kier molecular flexibility index (Phi) is 48.8. The van der Waals surface area contributed by atoms with E-state index < -0.39 is 0 Å². The third kappa shape index (κ3) is 32.6. The Bertz CT molecular complexity index is 1760. The number of unbranched alkanes of at least 4 members (excludes halogenated alkanes) is 35. The zero-order valence-corrected chi connectivity index (χ0v) is 52.9. The van der Waals surface area contributed by atoms with Crippen LogP contribution in [-0.2, 0) is 46.1 Å². The van der Waals surface area contributed by atoms with Crippen LogP contribution < -0.4 is 0 Å². The van der Waals surface area contributed by atoms with Crippen molar-refractivity contribution in [1.82, 2.24) is 0 Å². The second kappa shape index (κ2) is 50.2. The van der Waals surface area contributed by atoms with E-state index in [1.54, 1.807) is 4.70 Å². The normalized spacial score (nSPS) is 12.5. The number of aryl methyl sites for hydroxylation is 4. The number of benzene rings is 2. The molecule has 0 saturated heterocycles. The van der Waals surface area contributed by atoms with Gasteiger partial charge in [-0.05, 0) is 124 Å². The Hall–Kier alpha value is -2.08. The fourth-order valence-electron chi connectivity index (χ4n) is 11.4. The predicted octanol–water partition coefficient (Wildman–Crippen LogP) is 25.0. The van der Waals surface area contributed by atoms with Crippen molar-refractivity contribution in [2.24, 2.45) is 0 Å². The van der Waals surface area contributed by atoms with Crippen LogP contribution in [0.2, 0.25) is 0 Å². The van der Waals surface area contributed by atoms with Gasteiger partial charge >= 0.3 is 20.4 Å². The zero-order chi connectivity index (χ0) is 51.5. The van der Waals surface area contributed by atoms with Crippen molar-refractivity contribution in [3.63, 3.8) is 0 Å². The molecule has 3 heteroatoms. The van der Waals surface area contributed by atoms with Gasteiger partial charge in [-0.25, -0.2) is 4.70 Å². The fraction of sp³-hybridized carbons (Fsp3) is 0.722. The van der Waals surface area contributed by atoms with Gasteiger partial charge in [0.1, 0.15) is 0 Å². The number of hydrogen-bond acceptors (Lipinski definition) is 0. The molecule has 0 amide bonds. The smallest absolute Gasteiger partial charge is 0.493 e. The van der Waals surface area contributed by atoms with Crippen LogP contribution in [0, 0.1) is 14.9 Å². The standard InChI is InChI=1S/C70H118N2.2CH3.Pd/c1-7-13-19-22-25-26-27-28-29-30-31-32-33-34-35-36-37-38-39-40-41-44-48-54-68-67(53-45-16-10-4)69(65-57-61(49-17-11-5)55-63(59-65)51-46-42-23-20-14-8-2)72(71)70(68)66-58-62(50-18-12-6)56-64(60-66)52-47-43-24-21-15-9-3;;;/h48,54-60H,7-47,49-53H2,1-6H3;2*1H3;/q;2*-1;+2. The Balaban J connectivity index is 0.0000183. The molecule has 75 heavy (non-hydrogen) atoms. The molecular formula is C72H124N2Pd. The molecule has 432 valence electrons. The van der Waals surface area contributed by atoms with E-state index in [2.05, 4.69) is 90.1 Å². The van der Waals surface area contributed by atoms with Gasteiger partial charge in [-0.1, -0.05) is 284 Å². The molecule has 0 fully saturated rings. The molecule has 2 aromatic rings. The molecule has 0 aromatic heterocycles. The van der Waals surface area contributed by atoms with E-state index in [1.807, 2.05) is 0 Å². The van der Waals surface area contributed by atoms with E-state index in [0.717, 1.165) is 56.3 Å². The third-order valence-electron chi connectivity index (χ3n) is 16.0. The van der Waals surface area contributed by atoms with E-state index in [0.29, 0.717) is 0 Å². The summed E-state index contributed by atoms with van der Waals surface area (Å²) < 4.78 is 1.68. The van der Waals surface area contributed by atoms with Crippen LogP contribution >= 0.6 is 0 Å². The largest absolute Gasteiger partial charge is 2.00 e. The molecule has 0 N–H and O–H groups in total. The maximum absolute atomic E-state index is 12.9. The van der Waals surface area contributed by atoms with Gasteiger partial charge in [-0.2, -0.15) is 0 Å². The molecule has 0 radical (unpaired) electrons. The Labute approximate surface area is 484 Å². The van der Waals surface area contributed by atoms with Gasteiger partial charge in [0.15, 0.2) is 0 Å². The maximum atomic E-state index is 12.9. The fourth-order valence-corrected chi connectivity index (χ4v) is 11.4. The van der Waals surface area contributed by atoms with Crippen LogP contribution in [0.3, 0.4) is 0 Å². The molecule has 0 unspecified atom stereocenters. The summed E-state index contributed by atoms with van der Waals surface area (Å²) in [5, 5.41) is 0. The predicted molar refractivity (Wildman–Crippen MR) is 335 cm³/mol. The van der Waals surface area contributed by atoms with Crippen LogP contribution in [0.1, 0.15) is 345 Å². The molecule has 2 aromatic carbocycles. The Morgan fingerprint density at radius 2 is 0.587 bits per heavy atom. The van der Waals surface area contributed by atoms with Gasteiger partial charge in [0.2, 0.25) is 11.4 Å². The number of allylic oxidation sites excluding steroid dienone is 4. The first-order chi connectivity index (χ1) is 35.5. The minimum atomic E-state index is 0. The van der Waals surface area contributed by atoms with Gasteiger partial charge in [0, 0.05) is 16.7 Å². The van der Waals surface area contributed by atoms with Crippen molar-refractivity contribution >= 4 is 11.4 Å². The summed E-state index contributed by atoms with van der Waals surface area (Å²) in [4.78, 5) is 0. The van der Waals surface area contributed by atoms with Crippen LogP contribution in [0.5, 0.6) is 0 Å². The Morgan fingerprint density at radius 3 is 0.933 bits per heavy atom. The molecule has 1 heterocycles. The van der Waals surface area contributed by atoms with Crippen molar-refractivity contribution in [2.45, 2.75) is 337 Å². The summed E-state index contributed by atoms with van der Waals surface area (Å²) in [5.41, 5.74) is 25.8. The quantitative estimate of drug-likeness (QED) is 0.0273. The second-order valence-corrected chi connectivity index (χ2v) is 22.9. The minimum absolute atomic E-state index is 0. The molecule has 3 rings (SSSR count). The van der Waals surface area contributed by atoms with E-state index in [-0.39, 0.29) is 35.3 Å². The number of nitrogens with zero attached hydrogens (tertiary/aromatic N) is 2. The zero-order valence-electron chi connectivity index (χ0n) is 51.4. The number of rotatable bonds is 49. The molecule has 0 aliphatic carbocycles. The first kappa shape index (κ1) is 72.9. The second-order valence-electron chi connectivity index (χ2n) is 22.9. The topological polar surface area (TPSA) is 25.3 Å². The van der Waals surface area contributed by atoms with Crippen molar-refractivity contribution in [3.05, 3.63) is 113 Å². The van der Waals surface area contributed by atoms with Crippen molar-refractivity contribution in [1.29, 1.82) is 0 Å². The van der Waals surface area contributed by atoms with Crippen LogP contribution in [0.25, 0.3) is 16.9 Å². The van der Waals surface area contributed by atoms with Crippen LogP contribution in [0.4, 0.5) is 0 Å². The van der Waals surface area contributed by atoms with Crippen molar-refractivity contribution in [3.8, 4) is 0 Å². The summed E-state index contributed by atoms with van der Waals surface area (Å²) >= 11 is 0. The molecule has 2 nitrogen and oxygen atoms in total. The molecule has 1 aliphatic heterocycles. The molecule has 0 atom stereocenters.